The maximum Gasteiger partial charge on any atom is 0.503 e. The van der Waals surface area contributed by atoms with Crippen molar-refractivity contribution in [3.8, 4) is 0 Å². The summed E-state index contributed by atoms with van der Waals surface area (Å²) in [6.07, 6.45) is 0.907. The molecule has 4 heteroatoms. The van der Waals surface area contributed by atoms with Crippen LogP contribution in [-0.2, 0) is 0 Å². The van der Waals surface area contributed by atoms with Gasteiger partial charge < -0.3 is 15.9 Å². The van der Waals surface area contributed by atoms with Gasteiger partial charge in [-0.3, -0.25) is 0 Å². The highest BCUT2D eigenvalue weighted by atomic mass is 16.6. The van der Waals surface area contributed by atoms with E-state index >= 15 is 0 Å². The normalized spacial score (nSPS) is 10.6. The summed E-state index contributed by atoms with van der Waals surface area (Å²) >= 11 is 0. The third-order valence-electron chi connectivity index (χ3n) is 0.538. The lowest BCUT2D eigenvalue weighted by Crippen LogP contribution is -2.12. The summed E-state index contributed by atoms with van der Waals surface area (Å²) in [7, 11) is 0. The van der Waals surface area contributed by atoms with Gasteiger partial charge in [0.25, 0.3) is 0 Å². The first-order chi connectivity index (χ1) is 4.50. The van der Waals surface area contributed by atoms with Crippen LogP contribution >= 0.6 is 0 Å². The molecule has 0 bridgehead atoms. The maximum absolute atomic E-state index is 8.56. The summed E-state index contributed by atoms with van der Waals surface area (Å²) < 4.78 is 0. The highest BCUT2D eigenvalue weighted by Gasteiger charge is 1.82. The third kappa shape index (κ3) is 64.0. The molecule has 0 aliphatic carbocycles. The van der Waals surface area contributed by atoms with E-state index in [0.29, 0.717) is 0 Å². The minimum atomic E-state index is -1.83. The van der Waals surface area contributed by atoms with Crippen LogP contribution in [0.2, 0.25) is 0 Å². The van der Waals surface area contributed by atoms with E-state index in [2.05, 4.69) is 6.58 Å². The molecule has 0 rings (SSSR count). The quantitative estimate of drug-likeness (QED) is 0.511. The smallest absolute Gasteiger partial charge is 0.450 e. The Morgan fingerprint density at radius 1 is 1.80 bits per heavy atom. The number of hydrogen-bond donors (Lipinski definition) is 3. The van der Waals surface area contributed by atoms with Crippen molar-refractivity contribution in [2.24, 2.45) is 5.73 Å². The molecule has 10 heavy (non-hydrogen) atoms. The van der Waals surface area contributed by atoms with Gasteiger partial charge in [-0.05, 0) is 13.3 Å². The first-order valence-corrected chi connectivity index (χ1v) is 2.79. The Morgan fingerprint density at radius 2 is 2.10 bits per heavy atom. The molecule has 1 unspecified atom stereocenters. The van der Waals surface area contributed by atoms with Gasteiger partial charge in [0.2, 0.25) is 0 Å². The van der Waals surface area contributed by atoms with Crippen LogP contribution in [-0.4, -0.2) is 22.4 Å². The Hall–Kier alpha value is -1.03. The monoisotopic (exact) mass is 147 g/mol. The second kappa shape index (κ2) is 7.97. The fourth-order valence-electron chi connectivity index (χ4n) is 0.263. The maximum atomic E-state index is 8.56. The van der Waals surface area contributed by atoms with Gasteiger partial charge in [0.15, 0.2) is 0 Å². The summed E-state index contributed by atoms with van der Waals surface area (Å²) in [6.45, 7) is 5.48. The fraction of sp³-hybridized carbons (Fsp3) is 0.500. The second-order valence-electron chi connectivity index (χ2n) is 1.78. The van der Waals surface area contributed by atoms with Gasteiger partial charge in [0.05, 0.1) is 0 Å². The number of hydrogen-bond acceptors (Lipinski definition) is 2. The van der Waals surface area contributed by atoms with E-state index in [1.807, 2.05) is 13.0 Å². The predicted molar refractivity (Wildman–Crippen MR) is 39.1 cm³/mol. The zero-order chi connectivity index (χ0) is 8.57. The lowest BCUT2D eigenvalue weighted by molar-refractivity contribution is 0.137. The molecule has 0 aliphatic heterocycles. The number of carbonyl (C=O) groups is 1. The van der Waals surface area contributed by atoms with Crippen molar-refractivity contribution in [3.63, 3.8) is 0 Å². The van der Waals surface area contributed by atoms with E-state index in [-0.39, 0.29) is 6.04 Å². The first-order valence-electron chi connectivity index (χ1n) is 2.79. The summed E-state index contributed by atoms with van der Waals surface area (Å²) in [5.74, 6) is 0. The van der Waals surface area contributed by atoms with Crippen LogP contribution in [0.3, 0.4) is 0 Å². The predicted octanol–water partition coefficient (Wildman–Crippen LogP) is 1.13. The average molecular weight is 147 g/mol. The zero-order valence-electron chi connectivity index (χ0n) is 5.95. The molecule has 0 spiro atoms. The molecule has 0 saturated heterocycles. The Bertz CT molecular complexity index is 97.2. The fourth-order valence-corrected chi connectivity index (χ4v) is 0.263. The van der Waals surface area contributed by atoms with Gasteiger partial charge in [0.1, 0.15) is 0 Å². The standard InChI is InChI=1S/C5H11N.CH2O3/c1-3-4-5(2)6;2-1(3)4/h3,5H,1,4,6H2,2H3;(H2,2,3,4). The average Bonchev–Trinajstić information content (AvgIpc) is 1.62. The van der Waals surface area contributed by atoms with Crippen molar-refractivity contribution in [2.45, 2.75) is 19.4 Å². The minimum Gasteiger partial charge on any atom is -0.450 e. The Labute approximate surface area is 60.0 Å². The van der Waals surface area contributed by atoms with E-state index in [1.54, 1.807) is 0 Å². The van der Waals surface area contributed by atoms with Gasteiger partial charge in [-0.1, -0.05) is 6.08 Å². The van der Waals surface area contributed by atoms with E-state index in [4.69, 9.17) is 20.7 Å². The molecule has 60 valence electrons. The highest BCUT2D eigenvalue weighted by Crippen LogP contribution is 1.82. The lowest BCUT2D eigenvalue weighted by atomic mass is 10.3. The topological polar surface area (TPSA) is 83.6 Å². The van der Waals surface area contributed by atoms with Crippen LogP contribution in [0.25, 0.3) is 0 Å². The van der Waals surface area contributed by atoms with Crippen molar-refractivity contribution in [1.29, 1.82) is 0 Å². The van der Waals surface area contributed by atoms with Crippen LogP contribution in [0.4, 0.5) is 4.79 Å². The van der Waals surface area contributed by atoms with Gasteiger partial charge in [-0.15, -0.1) is 6.58 Å². The molecule has 1 atom stereocenters. The Balaban J connectivity index is 0. The zero-order valence-corrected chi connectivity index (χ0v) is 5.95. The van der Waals surface area contributed by atoms with Crippen LogP contribution in [0, 0.1) is 0 Å². The van der Waals surface area contributed by atoms with E-state index in [0.717, 1.165) is 6.42 Å². The number of rotatable bonds is 2. The van der Waals surface area contributed by atoms with Crippen LogP contribution in [0.5, 0.6) is 0 Å². The Morgan fingerprint density at radius 3 is 2.10 bits per heavy atom. The molecular formula is C6H13NO3. The molecule has 0 fully saturated rings. The van der Waals surface area contributed by atoms with Crippen molar-refractivity contribution in [1.82, 2.24) is 0 Å². The van der Waals surface area contributed by atoms with Crippen molar-refractivity contribution >= 4 is 6.16 Å². The molecule has 0 aromatic carbocycles. The molecule has 0 aromatic heterocycles. The van der Waals surface area contributed by atoms with E-state index in [9.17, 15) is 0 Å². The van der Waals surface area contributed by atoms with Gasteiger partial charge >= 0.3 is 6.16 Å². The van der Waals surface area contributed by atoms with Crippen molar-refractivity contribution < 1.29 is 15.0 Å². The lowest BCUT2D eigenvalue weighted by Gasteiger charge is -1.93. The summed E-state index contributed by atoms with van der Waals surface area (Å²) in [5, 5.41) is 13.9. The SMILES string of the molecule is C=CCC(C)N.O=C(O)O. The van der Waals surface area contributed by atoms with Crippen molar-refractivity contribution in [3.05, 3.63) is 12.7 Å². The largest absolute Gasteiger partial charge is 0.503 e. The minimum absolute atomic E-state index is 0.280. The van der Waals surface area contributed by atoms with Crippen LogP contribution in [0.15, 0.2) is 12.7 Å². The molecule has 0 aromatic rings. The van der Waals surface area contributed by atoms with E-state index < -0.39 is 6.16 Å². The summed E-state index contributed by atoms with van der Waals surface area (Å²) in [4.78, 5) is 8.56. The molecular weight excluding hydrogens is 134 g/mol. The molecule has 0 aliphatic rings. The summed E-state index contributed by atoms with van der Waals surface area (Å²) in [5.41, 5.74) is 5.33. The second-order valence-corrected chi connectivity index (χ2v) is 1.78. The molecule has 0 radical (unpaired) electrons. The summed E-state index contributed by atoms with van der Waals surface area (Å²) in [6, 6.07) is 0.280. The van der Waals surface area contributed by atoms with Gasteiger partial charge in [0, 0.05) is 6.04 Å². The Kier molecular flexibility index (Phi) is 9.35. The van der Waals surface area contributed by atoms with Gasteiger partial charge in [-0.25, -0.2) is 4.79 Å². The van der Waals surface area contributed by atoms with Gasteiger partial charge in [-0.2, -0.15) is 0 Å². The van der Waals surface area contributed by atoms with Crippen molar-refractivity contribution in [2.75, 3.05) is 0 Å². The first kappa shape index (κ1) is 11.7. The third-order valence-corrected chi connectivity index (χ3v) is 0.538. The van der Waals surface area contributed by atoms with Crippen LogP contribution < -0.4 is 5.73 Å². The van der Waals surface area contributed by atoms with Crippen LogP contribution in [0.1, 0.15) is 13.3 Å². The highest BCUT2D eigenvalue weighted by molar-refractivity contribution is 5.53. The molecule has 0 saturated carbocycles. The number of carboxylic acid groups (broad SMARTS) is 2. The molecule has 0 heterocycles. The molecule has 4 N–H and O–H groups in total. The number of nitrogens with two attached hydrogens (primary N) is 1. The molecule has 4 nitrogen and oxygen atoms in total. The van der Waals surface area contributed by atoms with E-state index in [1.165, 1.54) is 0 Å². The molecule has 0 amide bonds.